The maximum Gasteiger partial charge on any atom is 0.112 e. The summed E-state index contributed by atoms with van der Waals surface area (Å²) in [7, 11) is 0. The normalized spacial score (nSPS) is 11.5. The number of pyridine rings is 2. The molecule has 0 N–H and O–H groups in total. The highest BCUT2D eigenvalue weighted by Gasteiger charge is 2.13. The molecule has 0 aliphatic carbocycles. The first-order valence-electron chi connectivity index (χ1n) is 7.61. The molecule has 0 fully saturated rings. The number of nitrogens with zero attached hydrogens (tertiary/aromatic N) is 3. The first-order chi connectivity index (χ1) is 11.4. The van der Waals surface area contributed by atoms with Gasteiger partial charge in [-0.2, -0.15) is 5.10 Å². The first-order valence-corrected chi connectivity index (χ1v) is 7.61. The number of hydrogen-bond acceptors (Lipinski definition) is 2. The molecule has 23 heavy (non-hydrogen) atoms. The Morgan fingerprint density at radius 3 is 2.52 bits per heavy atom. The number of hydrogen-bond donors (Lipinski definition) is 0. The minimum Gasteiger partial charge on any atom is -0.262 e. The third-order valence-electron chi connectivity index (χ3n) is 4.28. The summed E-state index contributed by atoms with van der Waals surface area (Å²) in [5.41, 5.74) is 4.31. The third kappa shape index (κ3) is 1.77. The lowest BCUT2D eigenvalue weighted by molar-refractivity contribution is 0.994. The number of aromatic nitrogens is 3. The largest absolute Gasteiger partial charge is 0.262 e. The van der Waals surface area contributed by atoms with Crippen molar-refractivity contribution in [2.45, 2.75) is 0 Å². The van der Waals surface area contributed by atoms with Gasteiger partial charge in [0.15, 0.2) is 0 Å². The molecule has 3 heteroatoms. The molecule has 3 nitrogen and oxygen atoms in total. The van der Waals surface area contributed by atoms with Crippen molar-refractivity contribution in [1.82, 2.24) is 14.6 Å². The van der Waals surface area contributed by atoms with E-state index in [-0.39, 0.29) is 0 Å². The van der Waals surface area contributed by atoms with Crippen LogP contribution in [0.3, 0.4) is 0 Å². The second kappa shape index (κ2) is 4.65. The first kappa shape index (κ1) is 12.4. The van der Waals surface area contributed by atoms with E-state index < -0.39 is 0 Å². The summed E-state index contributed by atoms with van der Waals surface area (Å²) < 4.78 is 2.05. The molecule has 2 aromatic carbocycles. The summed E-state index contributed by atoms with van der Waals surface area (Å²) >= 11 is 0. The van der Waals surface area contributed by atoms with Gasteiger partial charge in [0.05, 0.1) is 17.4 Å². The topological polar surface area (TPSA) is 30.2 Å². The maximum atomic E-state index is 4.80. The number of benzene rings is 2. The lowest BCUT2D eigenvalue weighted by Crippen LogP contribution is -1.94. The standard InChI is InChI=1S/C20H13N3/c1-2-6-14(7-3-1)19-12-15-8-4-5-9-16(15)20-17-10-11-21-13-18(17)22-23(19)20/h1-13H. The SMILES string of the molecule is c1ccc(-c2cc3ccccc3c3c4ccncc4nn23)cc1. The molecule has 0 radical (unpaired) electrons. The van der Waals surface area contributed by atoms with Crippen molar-refractivity contribution in [2.75, 3.05) is 0 Å². The smallest absolute Gasteiger partial charge is 0.112 e. The highest BCUT2D eigenvalue weighted by Crippen LogP contribution is 2.32. The molecule has 108 valence electrons. The average molecular weight is 295 g/mol. The molecule has 0 saturated heterocycles. The molecule has 0 unspecified atom stereocenters. The molecule has 0 amide bonds. The van der Waals surface area contributed by atoms with Crippen LogP contribution in [-0.4, -0.2) is 14.6 Å². The molecule has 0 aliphatic rings. The van der Waals surface area contributed by atoms with Crippen molar-refractivity contribution in [3.63, 3.8) is 0 Å². The Kier molecular flexibility index (Phi) is 2.50. The fourth-order valence-corrected chi connectivity index (χ4v) is 3.23. The second-order valence-corrected chi connectivity index (χ2v) is 5.64. The van der Waals surface area contributed by atoms with Crippen molar-refractivity contribution < 1.29 is 0 Å². The molecule has 5 aromatic rings. The van der Waals surface area contributed by atoms with E-state index in [0.29, 0.717) is 0 Å². The van der Waals surface area contributed by atoms with Gasteiger partial charge in [-0.05, 0) is 17.5 Å². The van der Waals surface area contributed by atoms with E-state index in [1.165, 1.54) is 10.8 Å². The Bertz CT molecular complexity index is 1160. The van der Waals surface area contributed by atoms with Gasteiger partial charge >= 0.3 is 0 Å². The van der Waals surface area contributed by atoms with Gasteiger partial charge in [-0.3, -0.25) is 4.98 Å². The van der Waals surface area contributed by atoms with Crippen LogP contribution in [0.2, 0.25) is 0 Å². The fourth-order valence-electron chi connectivity index (χ4n) is 3.23. The highest BCUT2D eigenvalue weighted by molar-refractivity contribution is 6.10. The maximum absolute atomic E-state index is 4.80. The van der Waals surface area contributed by atoms with Crippen molar-refractivity contribution in [3.05, 3.63) is 79.1 Å². The average Bonchev–Trinajstić information content (AvgIpc) is 3.01. The second-order valence-electron chi connectivity index (χ2n) is 5.64. The third-order valence-corrected chi connectivity index (χ3v) is 4.28. The zero-order valence-corrected chi connectivity index (χ0v) is 12.3. The number of rotatable bonds is 1. The zero-order chi connectivity index (χ0) is 15.2. The van der Waals surface area contributed by atoms with Crippen LogP contribution in [0.25, 0.3) is 38.4 Å². The molecule has 3 heterocycles. The molecule has 0 bridgehead atoms. The van der Waals surface area contributed by atoms with Gasteiger partial charge in [-0.25, -0.2) is 4.52 Å². The van der Waals surface area contributed by atoms with Crippen LogP contribution in [-0.2, 0) is 0 Å². The molecule has 0 saturated carbocycles. The molecule has 5 rings (SSSR count). The Hall–Kier alpha value is -3.20. The van der Waals surface area contributed by atoms with Gasteiger partial charge < -0.3 is 0 Å². The Balaban J connectivity index is 2.05. The van der Waals surface area contributed by atoms with E-state index in [0.717, 1.165) is 27.7 Å². The molecule has 0 atom stereocenters. The van der Waals surface area contributed by atoms with E-state index in [1.807, 2.05) is 29.0 Å². The Morgan fingerprint density at radius 2 is 1.61 bits per heavy atom. The summed E-state index contributed by atoms with van der Waals surface area (Å²) in [6, 6.07) is 23.1. The van der Waals surface area contributed by atoms with E-state index >= 15 is 0 Å². The lowest BCUT2D eigenvalue weighted by atomic mass is 10.0. The number of fused-ring (bicyclic) bond motifs is 5. The highest BCUT2D eigenvalue weighted by atomic mass is 15.2. The summed E-state index contributed by atoms with van der Waals surface area (Å²) in [6.45, 7) is 0. The predicted octanol–water partition coefficient (Wildman–Crippen LogP) is 4.70. The van der Waals surface area contributed by atoms with E-state index in [1.54, 1.807) is 0 Å². The van der Waals surface area contributed by atoms with Crippen LogP contribution in [0, 0.1) is 0 Å². The van der Waals surface area contributed by atoms with E-state index in [2.05, 4.69) is 59.6 Å². The molecular weight excluding hydrogens is 282 g/mol. The van der Waals surface area contributed by atoms with Gasteiger partial charge in [0.25, 0.3) is 0 Å². The van der Waals surface area contributed by atoms with Crippen molar-refractivity contribution in [3.8, 4) is 11.3 Å². The van der Waals surface area contributed by atoms with Gasteiger partial charge in [0, 0.05) is 22.5 Å². The van der Waals surface area contributed by atoms with Crippen LogP contribution < -0.4 is 0 Å². The van der Waals surface area contributed by atoms with Gasteiger partial charge in [-0.1, -0.05) is 54.6 Å². The minimum absolute atomic E-state index is 0.918. The van der Waals surface area contributed by atoms with Crippen LogP contribution in [0.15, 0.2) is 79.1 Å². The van der Waals surface area contributed by atoms with E-state index in [9.17, 15) is 0 Å². The summed E-state index contributed by atoms with van der Waals surface area (Å²) in [4.78, 5) is 4.21. The van der Waals surface area contributed by atoms with Gasteiger partial charge in [0.1, 0.15) is 5.52 Å². The summed E-state index contributed by atoms with van der Waals surface area (Å²) in [5, 5.41) is 8.36. The summed E-state index contributed by atoms with van der Waals surface area (Å²) in [5.74, 6) is 0. The molecular formula is C20H13N3. The Morgan fingerprint density at radius 1 is 0.783 bits per heavy atom. The quantitative estimate of drug-likeness (QED) is 0.448. The van der Waals surface area contributed by atoms with Gasteiger partial charge in [0.2, 0.25) is 0 Å². The van der Waals surface area contributed by atoms with Crippen LogP contribution in [0.4, 0.5) is 0 Å². The monoisotopic (exact) mass is 295 g/mol. The summed E-state index contributed by atoms with van der Waals surface area (Å²) in [6.07, 6.45) is 3.65. The molecule has 3 aromatic heterocycles. The zero-order valence-electron chi connectivity index (χ0n) is 12.3. The van der Waals surface area contributed by atoms with Crippen molar-refractivity contribution in [1.29, 1.82) is 0 Å². The molecule has 0 spiro atoms. The van der Waals surface area contributed by atoms with Crippen molar-refractivity contribution >= 4 is 27.2 Å². The van der Waals surface area contributed by atoms with Crippen LogP contribution in [0.1, 0.15) is 0 Å². The van der Waals surface area contributed by atoms with Crippen LogP contribution >= 0.6 is 0 Å². The predicted molar refractivity (Wildman–Crippen MR) is 93.4 cm³/mol. The van der Waals surface area contributed by atoms with E-state index in [4.69, 9.17) is 5.10 Å². The minimum atomic E-state index is 0.918. The lowest BCUT2D eigenvalue weighted by Gasteiger charge is -2.09. The molecule has 0 aliphatic heterocycles. The Labute approximate surface area is 132 Å². The van der Waals surface area contributed by atoms with Crippen molar-refractivity contribution in [2.24, 2.45) is 0 Å². The van der Waals surface area contributed by atoms with Crippen LogP contribution in [0.5, 0.6) is 0 Å². The fraction of sp³-hybridized carbons (Fsp3) is 0. The van der Waals surface area contributed by atoms with Gasteiger partial charge in [-0.15, -0.1) is 0 Å².